The van der Waals surface area contributed by atoms with Gasteiger partial charge < -0.3 is 15.8 Å². The van der Waals surface area contributed by atoms with E-state index >= 15 is 0 Å². The number of phenols is 1. The van der Waals surface area contributed by atoms with Gasteiger partial charge in [-0.15, -0.1) is 0 Å². The van der Waals surface area contributed by atoms with Crippen LogP contribution in [0.5, 0.6) is 5.75 Å². The summed E-state index contributed by atoms with van der Waals surface area (Å²) in [6, 6.07) is 17.0. The van der Waals surface area contributed by atoms with Crippen LogP contribution in [0, 0.1) is 0 Å². The van der Waals surface area contributed by atoms with E-state index in [1.807, 2.05) is 42.5 Å². The van der Waals surface area contributed by atoms with Crippen molar-refractivity contribution in [1.82, 2.24) is 15.0 Å². The van der Waals surface area contributed by atoms with Gasteiger partial charge in [0.25, 0.3) is 0 Å². The average Bonchev–Trinajstić information content (AvgIpc) is 3.00. The van der Waals surface area contributed by atoms with Gasteiger partial charge in [-0.05, 0) is 35.9 Å². The Morgan fingerprint density at radius 2 is 1.88 bits per heavy atom. The lowest BCUT2D eigenvalue weighted by Gasteiger charge is -2.02. The number of nitrogens with one attached hydrogen (secondary N) is 1. The van der Waals surface area contributed by atoms with E-state index in [4.69, 9.17) is 5.73 Å². The molecule has 2 aromatic carbocycles. The molecule has 118 valence electrons. The number of aromatic nitrogens is 3. The van der Waals surface area contributed by atoms with Crippen molar-refractivity contribution < 1.29 is 5.11 Å². The van der Waals surface area contributed by atoms with Gasteiger partial charge >= 0.3 is 0 Å². The lowest BCUT2D eigenvalue weighted by molar-refractivity contribution is 0.474. The molecule has 0 radical (unpaired) electrons. The van der Waals surface area contributed by atoms with Crippen molar-refractivity contribution in [3.8, 4) is 17.0 Å². The van der Waals surface area contributed by atoms with E-state index in [-0.39, 0.29) is 5.75 Å². The molecular weight excluding hydrogens is 300 g/mol. The highest BCUT2D eigenvalue weighted by Gasteiger charge is 2.10. The number of anilines is 1. The Morgan fingerprint density at radius 3 is 2.71 bits per heavy atom. The zero-order chi connectivity index (χ0) is 16.5. The summed E-state index contributed by atoms with van der Waals surface area (Å²) in [5, 5.41) is 10.6. The topological polar surface area (TPSA) is 87.8 Å². The minimum absolute atomic E-state index is 0.257. The molecule has 0 amide bonds. The lowest BCUT2D eigenvalue weighted by atomic mass is 10.1. The number of aromatic amines is 1. The first-order valence-electron chi connectivity index (χ1n) is 7.65. The summed E-state index contributed by atoms with van der Waals surface area (Å²) in [5.41, 5.74) is 11.3. The van der Waals surface area contributed by atoms with Crippen LogP contribution in [-0.2, 0) is 6.42 Å². The molecule has 5 nitrogen and oxygen atoms in total. The van der Waals surface area contributed by atoms with E-state index in [0.29, 0.717) is 6.42 Å². The number of nitrogens with zero attached hydrogens (tertiary/aromatic N) is 2. The van der Waals surface area contributed by atoms with Crippen LogP contribution in [0.2, 0.25) is 0 Å². The molecule has 0 fully saturated rings. The number of aromatic hydroxyl groups is 1. The molecule has 0 saturated carbocycles. The van der Waals surface area contributed by atoms with Crippen LogP contribution in [-0.4, -0.2) is 20.1 Å². The predicted octanol–water partition coefficient (Wildman–Crippen LogP) is 3.50. The number of nitrogen functional groups attached to an aromatic ring is 1. The third-order valence-corrected chi connectivity index (χ3v) is 3.99. The second-order valence-corrected chi connectivity index (χ2v) is 5.74. The van der Waals surface area contributed by atoms with Crippen molar-refractivity contribution in [2.24, 2.45) is 0 Å². The molecule has 0 bridgehead atoms. The third kappa shape index (κ3) is 2.67. The molecule has 4 rings (SSSR count). The zero-order valence-electron chi connectivity index (χ0n) is 12.9. The summed E-state index contributed by atoms with van der Waals surface area (Å²) in [5.74, 6) is 0.257. The van der Waals surface area contributed by atoms with Crippen LogP contribution in [0.15, 0.2) is 60.9 Å². The smallest absolute Gasteiger partial charge is 0.141 e. The number of H-pyrrole nitrogens is 1. The molecule has 0 unspecified atom stereocenters. The van der Waals surface area contributed by atoms with Gasteiger partial charge in [0, 0.05) is 28.8 Å². The van der Waals surface area contributed by atoms with Crippen molar-refractivity contribution in [3.05, 3.63) is 72.2 Å². The van der Waals surface area contributed by atoms with Crippen molar-refractivity contribution in [2.75, 3.05) is 5.73 Å². The van der Waals surface area contributed by atoms with Gasteiger partial charge in [-0.25, -0.2) is 9.97 Å². The Kier molecular flexibility index (Phi) is 3.39. The van der Waals surface area contributed by atoms with Crippen molar-refractivity contribution >= 4 is 16.7 Å². The van der Waals surface area contributed by atoms with E-state index in [1.54, 1.807) is 18.5 Å². The van der Waals surface area contributed by atoms with Gasteiger partial charge in [0.2, 0.25) is 0 Å². The van der Waals surface area contributed by atoms with Crippen LogP contribution in [0.25, 0.3) is 22.3 Å². The second-order valence-electron chi connectivity index (χ2n) is 5.74. The maximum absolute atomic E-state index is 9.63. The average molecular weight is 316 g/mol. The molecule has 0 aliphatic carbocycles. The molecule has 0 aliphatic rings. The summed E-state index contributed by atoms with van der Waals surface area (Å²) in [4.78, 5) is 12.1. The summed E-state index contributed by atoms with van der Waals surface area (Å²) < 4.78 is 0. The van der Waals surface area contributed by atoms with E-state index in [1.165, 1.54) is 0 Å². The highest BCUT2D eigenvalue weighted by Crippen LogP contribution is 2.27. The monoisotopic (exact) mass is 316 g/mol. The standard InChI is InChI=1S/C19H16N4O/c20-14-5-2-4-13(9-14)17-10-16-18(21-11-22-19(16)23-17)8-12-3-1-6-15(24)7-12/h1-7,9-11,24H,8,20H2,(H,21,22,23). The van der Waals surface area contributed by atoms with Crippen LogP contribution < -0.4 is 5.73 Å². The normalized spacial score (nSPS) is 11.0. The van der Waals surface area contributed by atoms with Crippen LogP contribution in [0.1, 0.15) is 11.3 Å². The number of hydrogen-bond donors (Lipinski definition) is 3. The molecule has 24 heavy (non-hydrogen) atoms. The van der Waals surface area contributed by atoms with Gasteiger partial charge in [0.15, 0.2) is 0 Å². The van der Waals surface area contributed by atoms with E-state index in [2.05, 4.69) is 15.0 Å². The van der Waals surface area contributed by atoms with Gasteiger partial charge in [-0.2, -0.15) is 0 Å². The van der Waals surface area contributed by atoms with Crippen molar-refractivity contribution in [1.29, 1.82) is 0 Å². The van der Waals surface area contributed by atoms with E-state index in [0.717, 1.165) is 39.2 Å². The Labute approximate surface area is 138 Å². The Bertz CT molecular complexity index is 1020. The van der Waals surface area contributed by atoms with Gasteiger partial charge in [-0.3, -0.25) is 0 Å². The molecule has 5 heteroatoms. The SMILES string of the molecule is Nc1cccc(-c2cc3c(Cc4cccc(O)c4)ncnc3[nH]2)c1. The fraction of sp³-hybridized carbons (Fsp3) is 0.0526. The number of hydrogen-bond acceptors (Lipinski definition) is 4. The van der Waals surface area contributed by atoms with Crippen LogP contribution in [0.4, 0.5) is 5.69 Å². The Hall–Kier alpha value is -3.34. The molecule has 4 aromatic rings. The lowest BCUT2D eigenvalue weighted by Crippen LogP contribution is -1.94. The largest absolute Gasteiger partial charge is 0.508 e. The minimum Gasteiger partial charge on any atom is -0.508 e. The number of benzene rings is 2. The number of nitrogens with two attached hydrogens (primary N) is 1. The van der Waals surface area contributed by atoms with E-state index < -0.39 is 0 Å². The molecule has 0 atom stereocenters. The number of rotatable bonds is 3. The van der Waals surface area contributed by atoms with Crippen molar-refractivity contribution in [2.45, 2.75) is 6.42 Å². The third-order valence-electron chi connectivity index (χ3n) is 3.99. The maximum atomic E-state index is 9.63. The van der Waals surface area contributed by atoms with Crippen molar-refractivity contribution in [3.63, 3.8) is 0 Å². The fourth-order valence-electron chi connectivity index (χ4n) is 2.85. The van der Waals surface area contributed by atoms with Crippen LogP contribution >= 0.6 is 0 Å². The van der Waals surface area contributed by atoms with E-state index in [9.17, 15) is 5.11 Å². The minimum atomic E-state index is 0.257. The van der Waals surface area contributed by atoms with Gasteiger partial charge in [0.05, 0.1) is 5.69 Å². The Balaban J connectivity index is 1.77. The summed E-state index contributed by atoms with van der Waals surface area (Å²) >= 11 is 0. The highest BCUT2D eigenvalue weighted by molar-refractivity contribution is 5.85. The number of fused-ring (bicyclic) bond motifs is 1. The van der Waals surface area contributed by atoms with Gasteiger partial charge in [0.1, 0.15) is 17.7 Å². The molecule has 4 N–H and O–H groups in total. The molecule has 2 aromatic heterocycles. The first-order chi connectivity index (χ1) is 11.7. The first kappa shape index (κ1) is 14.3. The predicted molar refractivity (Wildman–Crippen MR) is 94.6 cm³/mol. The van der Waals surface area contributed by atoms with Gasteiger partial charge in [-0.1, -0.05) is 24.3 Å². The second kappa shape index (κ2) is 5.70. The highest BCUT2D eigenvalue weighted by atomic mass is 16.3. The number of phenolic OH excluding ortho intramolecular Hbond substituents is 1. The fourth-order valence-corrected chi connectivity index (χ4v) is 2.85. The molecule has 0 spiro atoms. The molecule has 2 heterocycles. The summed E-state index contributed by atoms with van der Waals surface area (Å²) in [6.45, 7) is 0. The zero-order valence-corrected chi connectivity index (χ0v) is 12.9. The first-order valence-corrected chi connectivity index (χ1v) is 7.65. The molecule has 0 saturated heterocycles. The van der Waals surface area contributed by atoms with Crippen LogP contribution in [0.3, 0.4) is 0 Å². The quantitative estimate of drug-likeness (QED) is 0.505. The molecule has 0 aliphatic heterocycles. The Morgan fingerprint density at radius 1 is 1.00 bits per heavy atom. The molecular formula is C19H16N4O. The summed E-state index contributed by atoms with van der Waals surface area (Å²) in [7, 11) is 0. The maximum Gasteiger partial charge on any atom is 0.141 e. The summed E-state index contributed by atoms with van der Waals surface area (Å²) in [6.07, 6.45) is 2.18.